The van der Waals surface area contributed by atoms with Crippen molar-refractivity contribution in [2.45, 2.75) is 96.2 Å². The van der Waals surface area contributed by atoms with Crippen LogP contribution in [0.15, 0.2) is 0 Å². The van der Waals surface area contributed by atoms with E-state index in [9.17, 15) is 4.79 Å². The summed E-state index contributed by atoms with van der Waals surface area (Å²) in [6.07, 6.45) is 16.3. The van der Waals surface area contributed by atoms with E-state index in [0.29, 0.717) is 0 Å². The Hall–Kier alpha value is 0.00247. The van der Waals surface area contributed by atoms with Gasteiger partial charge in [-0.15, -0.1) is 0 Å². The molecule has 1 N–H and O–H groups in total. The third kappa shape index (κ3) is 18.0. The minimum Gasteiger partial charge on any atom is -0.496 e. The third-order valence-electron chi connectivity index (χ3n) is 3.92. The van der Waals surface area contributed by atoms with Crippen molar-refractivity contribution in [3.63, 3.8) is 0 Å². The number of hydrogen-bond acceptors (Lipinski definition) is 1. The molecule has 0 spiro atoms. The van der Waals surface area contributed by atoms with Gasteiger partial charge in [-0.05, 0) is 5.92 Å². The highest BCUT2D eigenvalue weighted by molar-refractivity contribution is 6.71. The molecule has 0 atom stereocenters. The van der Waals surface area contributed by atoms with Gasteiger partial charge in [-0.2, -0.15) is 0 Å². The SMILES string of the molecule is CC(C)CCCCCCCCCCCC[CH2][AlH][C](=O)O. The van der Waals surface area contributed by atoms with Crippen LogP contribution in [0.3, 0.4) is 0 Å². The molecule has 0 heterocycles. The molecule has 0 amide bonds. The van der Waals surface area contributed by atoms with Crippen molar-refractivity contribution in [2.24, 2.45) is 5.92 Å². The van der Waals surface area contributed by atoms with E-state index in [1.165, 1.54) is 70.6 Å². The van der Waals surface area contributed by atoms with E-state index in [1.807, 2.05) is 0 Å². The molecular weight excluding hydrogens is 263 g/mol. The predicted molar refractivity (Wildman–Crippen MR) is 90.2 cm³/mol. The summed E-state index contributed by atoms with van der Waals surface area (Å²) in [4.78, 5) is 9.88. The smallest absolute Gasteiger partial charge is 0.411 e. The highest BCUT2D eigenvalue weighted by Gasteiger charge is 2.01. The second-order valence-corrected chi connectivity index (χ2v) is 8.38. The van der Waals surface area contributed by atoms with Crippen molar-refractivity contribution < 1.29 is 9.90 Å². The quantitative estimate of drug-likeness (QED) is 0.304. The van der Waals surface area contributed by atoms with Crippen LogP contribution in [-0.4, -0.2) is 25.2 Å². The molecule has 0 radical (unpaired) electrons. The Morgan fingerprint density at radius 2 is 1.20 bits per heavy atom. The molecule has 0 aromatic rings. The van der Waals surface area contributed by atoms with Crippen LogP contribution < -0.4 is 0 Å². The van der Waals surface area contributed by atoms with Crippen LogP contribution in [-0.2, 0) is 0 Å². The van der Waals surface area contributed by atoms with Crippen molar-refractivity contribution in [2.75, 3.05) is 0 Å². The molecule has 118 valence electrons. The highest BCUT2D eigenvalue weighted by Crippen LogP contribution is 2.14. The molecule has 0 saturated carbocycles. The molecule has 0 rings (SSSR count). The van der Waals surface area contributed by atoms with E-state index in [0.717, 1.165) is 17.6 Å². The monoisotopic (exact) mass is 298 g/mol. The van der Waals surface area contributed by atoms with Crippen molar-refractivity contribution in [3.05, 3.63) is 0 Å². The van der Waals surface area contributed by atoms with E-state index < -0.39 is 20.1 Å². The average molecular weight is 298 g/mol. The maximum absolute atomic E-state index is 10.4. The first-order valence-electron chi connectivity index (χ1n) is 8.84. The van der Waals surface area contributed by atoms with Crippen LogP contribution >= 0.6 is 0 Å². The Kier molecular flexibility index (Phi) is 15.4. The summed E-state index contributed by atoms with van der Waals surface area (Å²) in [5, 5.41) is 9.57. The van der Waals surface area contributed by atoms with Crippen LogP contribution in [0.5, 0.6) is 0 Å². The van der Waals surface area contributed by atoms with Gasteiger partial charge in [0.05, 0.1) is 0 Å². The molecule has 2 nitrogen and oxygen atoms in total. The molecule has 0 aromatic carbocycles. The Bertz CT molecular complexity index is 217. The molecule has 0 saturated heterocycles. The molecule has 0 fully saturated rings. The fraction of sp³-hybridized carbons (Fsp3) is 0.941. The Morgan fingerprint density at radius 1 is 0.800 bits per heavy atom. The van der Waals surface area contributed by atoms with Gasteiger partial charge in [0.2, 0.25) is 0 Å². The minimum atomic E-state index is -0.801. The molecule has 0 unspecified atom stereocenters. The van der Waals surface area contributed by atoms with Crippen LogP contribution in [0.25, 0.3) is 0 Å². The van der Waals surface area contributed by atoms with Gasteiger partial charge in [0.25, 0.3) is 0 Å². The normalized spacial score (nSPS) is 10.9. The van der Waals surface area contributed by atoms with Crippen LogP contribution in [0.1, 0.15) is 90.9 Å². The molecule has 0 aliphatic carbocycles. The topological polar surface area (TPSA) is 37.3 Å². The van der Waals surface area contributed by atoms with Crippen molar-refractivity contribution >= 4 is 20.1 Å². The standard InChI is InChI=1S/C16H33.CHO2.Al.H/c1-4-5-6-7-8-9-10-11-12-13-14-15-16(2)3;2-1-3;;/h16H,1,4-15H2,2-3H3;(H,2,3);;. The molecule has 0 aliphatic heterocycles. The molecule has 0 bridgehead atoms. The average Bonchev–Trinajstić information content (AvgIpc) is 2.38. The molecule has 3 heteroatoms. The van der Waals surface area contributed by atoms with Gasteiger partial charge in [-0.1, -0.05) is 96.2 Å². The first-order chi connectivity index (χ1) is 9.63. The number of carboxylic acid groups (broad SMARTS) is 1. The van der Waals surface area contributed by atoms with Crippen molar-refractivity contribution in [1.82, 2.24) is 0 Å². The lowest BCUT2D eigenvalue weighted by molar-refractivity contribution is 0.219. The van der Waals surface area contributed by atoms with Crippen LogP contribution in [0.4, 0.5) is 4.79 Å². The summed E-state index contributed by atoms with van der Waals surface area (Å²) in [5.41, 5.74) is 0. The second kappa shape index (κ2) is 15.4. The minimum absolute atomic E-state index is 0.515. The van der Waals surface area contributed by atoms with Gasteiger partial charge in [0, 0.05) is 0 Å². The summed E-state index contributed by atoms with van der Waals surface area (Å²) in [6, 6.07) is 0. The van der Waals surface area contributed by atoms with E-state index in [2.05, 4.69) is 13.8 Å². The first kappa shape index (κ1) is 20.0. The van der Waals surface area contributed by atoms with E-state index in [-0.39, 0.29) is 0 Å². The summed E-state index contributed by atoms with van der Waals surface area (Å²) >= 11 is -0.801. The zero-order valence-corrected chi connectivity index (χ0v) is 15.2. The van der Waals surface area contributed by atoms with Gasteiger partial charge in [0.15, 0.2) is 4.83 Å². The largest absolute Gasteiger partial charge is 0.496 e. The van der Waals surface area contributed by atoms with Crippen molar-refractivity contribution in [1.29, 1.82) is 0 Å². The molecular formula is C17H35AlO2. The summed E-state index contributed by atoms with van der Waals surface area (Å²) in [6.45, 7) is 4.62. The number of unbranched alkanes of at least 4 members (excludes halogenated alkanes) is 10. The number of hydrogen-bond donors (Lipinski definition) is 1. The predicted octanol–water partition coefficient (Wildman–Crippen LogP) is 5.86. The van der Waals surface area contributed by atoms with E-state index in [1.54, 1.807) is 0 Å². The lowest BCUT2D eigenvalue weighted by Crippen LogP contribution is -2.03. The third-order valence-corrected chi connectivity index (χ3v) is 5.20. The maximum atomic E-state index is 10.4. The summed E-state index contributed by atoms with van der Waals surface area (Å²) in [7, 11) is 0. The molecule has 20 heavy (non-hydrogen) atoms. The first-order valence-corrected chi connectivity index (χ1v) is 10.6. The number of carbonyl (C=O) groups is 1. The molecule has 0 aromatic heterocycles. The van der Waals surface area contributed by atoms with Gasteiger partial charge in [0.1, 0.15) is 0 Å². The van der Waals surface area contributed by atoms with Crippen LogP contribution in [0, 0.1) is 5.92 Å². The second-order valence-electron chi connectivity index (χ2n) is 6.57. The van der Waals surface area contributed by atoms with Gasteiger partial charge in [-0.25, -0.2) is 0 Å². The van der Waals surface area contributed by atoms with Gasteiger partial charge < -0.3 is 5.11 Å². The Morgan fingerprint density at radius 3 is 1.60 bits per heavy atom. The number of rotatable bonds is 15. The zero-order valence-electron chi connectivity index (χ0n) is 13.8. The van der Waals surface area contributed by atoms with Crippen molar-refractivity contribution in [3.8, 4) is 0 Å². The van der Waals surface area contributed by atoms with E-state index in [4.69, 9.17) is 5.11 Å². The Balaban J connectivity index is 2.97. The fourth-order valence-corrected chi connectivity index (χ4v) is 3.50. The highest BCUT2D eigenvalue weighted by atomic mass is 27.1. The zero-order chi connectivity index (χ0) is 15.1. The van der Waals surface area contributed by atoms with Crippen LogP contribution in [0.2, 0.25) is 5.28 Å². The van der Waals surface area contributed by atoms with E-state index >= 15 is 0 Å². The lowest BCUT2D eigenvalue weighted by Gasteiger charge is -2.04. The molecule has 0 aliphatic rings. The summed E-state index contributed by atoms with van der Waals surface area (Å²) < 4.78 is 0. The fourth-order valence-electron chi connectivity index (χ4n) is 2.60. The lowest BCUT2D eigenvalue weighted by atomic mass is 10.0. The summed E-state index contributed by atoms with van der Waals surface area (Å²) in [5.74, 6) is 0.869. The maximum Gasteiger partial charge on any atom is 0.411 e. The van der Waals surface area contributed by atoms with Gasteiger partial charge >= 0.3 is 15.2 Å². The van der Waals surface area contributed by atoms with Gasteiger partial charge in [-0.3, -0.25) is 4.79 Å². The Labute approximate surface area is 132 Å².